The maximum absolute atomic E-state index is 6.54. The number of para-hydroxylation sites is 1. The van der Waals surface area contributed by atoms with Gasteiger partial charge in [0.15, 0.2) is 17.5 Å². The first kappa shape index (κ1) is 28.2. The fraction of sp³-hybridized carbons (Fsp3) is 0. The molecule has 0 bridgehead atoms. The molecule has 0 saturated heterocycles. The lowest BCUT2D eigenvalue weighted by molar-refractivity contribution is 0.669. The predicted molar refractivity (Wildman–Crippen MR) is 202 cm³/mol. The molecule has 234 valence electrons. The van der Waals surface area contributed by atoms with Crippen LogP contribution in [0.25, 0.3) is 100 Å². The van der Waals surface area contributed by atoms with Gasteiger partial charge in [-0.25, -0.2) is 15.0 Å². The lowest BCUT2D eigenvalue weighted by Crippen LogP contribution is -2.00. The minimum atomic E-state index is 0.591. The van der Waals surface area contributed by atoms with Crippen LogP contribution in [-0.2, 0) is 0 Å². The van der Waals surface area contributed by atoms with Crippen molar-refractivity contribution in [3.05, 3.63) is 164 Å². The molecular formula is C45H27N3O2. The molecule has 3 heterocycles. The number of rotatable bonds is 5. The summed E-state index contributed by atoms with van der Waals surface area (Å²) >= 11 is 0. The lowest BCUT2D eigenvalue weighted by Gasteiger charge is -2.09. The second-order valence-corrected chi connectivity index (χ2v) is 12.4. The third-order valence-electron chi connectivity index (χ3n) is 9.35. The van der Waals surface area contributed by atoms with Crippen LogP contribution in [0.15, 0.2) is 173 Å². The van der Waals surface area contributed by atoms with Crippen molar-refractivity contribution in [1.82, 2.24) is 15.0 Å². The van der Waals surface area contributed by atoms with E-state index in [1.807, 2.05) is 84.9 Å². The summed E-state index contributed by atoms with van der Waals surface area (Å²) < 4.78 is 13.0. The molecular weight excluding hydrogens is 615 g/mol. The van der Waals surface area contributed by atoms with E-state index in [1.165, 1.54) is 0 Å². The molecule has 0 aliphatic rings. The van der Waals surface area contributed by atoms with Crippen LogP contribution in [0.2, 0.25) is 0 Å². The third-order valence-corrected chi connectivity index (χ3v) is 9.35. The highest BCUT2D eigenvalue weighted by molar-refractivity contribution is 6.17. The van der Waals surface area contributed by atoms with E-state index in [2.05, 4.69) is 78.9 Å². The molecule has 0 fully saturated rings. The number of benzene rings is 7. The number of fused-ring (bicyclic) bond motifs is 6. The molecule has 0 N–H and O–H groups in total. The fourth-order valence-electron chi connectivity index (χ4n) is 6.94. The number of furan rings is 2. The minimum absolute atomic E-state index is 0.591. The average Bonchev–Trinajstić information content (AvgIpc) is 3.77. The van der Waals surface area contributed by atoms with Crippen LogP contribution in [0, 0.1) is 0 Å². The maximum Gasteiger partial charge on any atom is 0.164 e. The Bertz CT molecular complexity index is 2800. The zero-order valence-electron chi connectivity index (χ0n) is 26.7. The van der Waals surface area contributed by atoms with Crippen LogP contribution in [0.3, 0.4) is 0 Å². The SMILES string of the molecule is c1ccc(-c2nc(-c3ccccc3)nc(-c3ccc4c(c3)oc3ccc(-c5ccc(-c6ccccc6)c6oc7ccccc7c56)cc34)n2)cc1. The third kappa shape index (κ3) is 4.67. The number of aromatic nitrogens is 3. The van der Waals surface area contributed by atoms with Gasteiger partial charge in [-0.2, -0.15) is 0 Å². The summed E-state index contributed by atoms with van der Waals surface area (Å²) in [6, 6.07) is 55.7. The molecule has 0 aliphatic carbocycles. The zero-order chi connectivity index (χ0) is 33.0. The molecule has 0 amide bonds. The molecule has 0 saturated carbocycles. The van der Waals surface area contributed by atoms with Crippen molar-refractivity contribution in [2.75, 3.05) is 0 Å². The average molecular weight is 642 g/mol. The monoisotopic (exact) mass is 641 g/mol. The van der Waals surface area contributed by atoms with Gasteiger partial charge >= 0.3 is 0 Å². The Kier molecular flexibility index (Phi) is 6.42. The standard InChI is InChI=1S/C45H27N3O2/c1-4-12-28(13-5-1)34-24-23-33(41-36-18-10-11-19-38(36)50-42(34)41)31-21-25-39-37(26-31)35-22-20-32(27-40(35)49-39)45-47-43(29-14-6-2-7-15-29)46-44(48-45)30-16-8-3-9-17-30/h1-27H. The highest BCUT2D eigenvalue weighted by atomic mass is 16.3. The minimum Gasteiger partial charge on any atom is -0.456 e. The van der Waals surface area contributed by atoms with Gasteiger partial charge in [0, 0.05) is 43.8 Å². The molecule has 10 aromatic rings. The van der Waals surface area contributed by atoms with Crippen molar-refractivity contribution in [3.63, 3.8) is 0 Å². The summed E-state index contributed by atoms with van der Waals surface area (Å²) in [6.07, 6.45) is 0. The van der Waals surface area contributed by atoms with Crippen molar-refractivity contribution < 1.29 is 8.83 Å². The van der Waals surface area contributed by atoms with Crippen molar-refractivity contribution >= 4 is 43.9 Å². The Morgan fingerprint density at radius 1 is 0.320 bits per heavy atom. The maximum atomic E-state index is 6.54. The van der Waals surface area contributed by atoms with E-state index in [0.717, 1.165) is 82.8 Å². The van der Waals surface area contributed by atoms with E-state index in [1.54, 1.807) is 0 Å². The van der Waals surface area contributed by atoms with E-state index in [0.29, 0.717) is 17.5 Å². The highest BCUT2D eigenvalue weighted by Gasteiger charge is 2.19. The second-order valence-electron chi connectivity index (χ2n) is 12.4. The molecule has 0 atom stereocenters. The molecule has 0 radical (unpaired) electrons. The quantitative estimate of drug-likeness (QED) is 0.187. The summed E-state index contributed by atoms with van der Waals surface area (Å²) in [6.45, 7) is 0. The van der Waals surface area contributed by atoms with Crippen molar-refractivity contribution in [1.29, 1.82) is 0 Å². The van der Waals surface area contributed by atoms with Crippen molar-refractivity contribution in [2.45, 2.75) is 0 Å². The normalized spacial score (nSPS) is 11.6. The Hall–Kier alpha value is -6.85. The smallest absolute Gasteiger partial charge is 0.164 e. The summed E-state index contributed by atoms with van der Waals surface area (Å²) in [5.74, 6) is 1.84. The molecule has 5 heteroatoms. The zero-order valence-corrected chi connectivity index (χ0v) is 26.7. The molecule has 50 heavy (non-hydrogen) atoms. The van der Waals surface area contributed by atoms with E-state index in [9.17, 15) is 0 Å². The summed E-state index contributed by atoms with van der Waals surface area (Å²) in [7, 11) is 0. The van der Waals surface area contributed by atoms with Crippen LogP contribution >= 0.6 is 0 Å². The van der Waals surface area contributed by atoms with Gasteiger partial charge in [-0.05, 0) is 53.1 Å². The van der Waals surface area contributed by atoms with Gasteiger partial charge in [-0.15, -0.1) is 0 Å². The van der Waals surface area contributed by atoms with Crippen molar-refractivity contribution in [3.8, 4) is 56.4 Å². The van der Waals surface area contributed by atoms with Crippen LogP contribution in [0.4, 0.5) is 0 Å². The summed E-state index contributed by atoms with van der Waals surface area (Å²) in [5, 5.41) is 4.27. The first-order chi connectivity index (χ1) is 24.8. The Balaban J connectivity index is 1.11. The van der Waals surface area contributed by atoms with Gasteiger partial charge in [-0.1, -0.05) is 127 Å². The van der Waals surface area contributed by atoms with E-state index in [4.69, 9.17) is 23.8 Å². The van der Waals surface area contributed by atoms with Gasteiger partial charge in [-0.3, -0.25) is 0 Å². The van der Waals surface area contributed by atoms with E-state index < -0.39 is 0 Å². The Morgan fingerprint density at radius 3 is 1.58 bits per heavy atom. The van der Waals surface area contributed by atoms with E-state index >= 15 is 0 Å². The first-order valence-electron chi connectivity index (χ1n) is 16.6. The van der Waals surface area contributed by atoms with E-state index in [-0.39, 0.29) is 0 Å². The summed E-state index contributed by atoms with van der Waals surface area (Å²) in [5.41, 5.74) is 10.5. The van der Waals surface area contributed by atoms with Gasteiger partial charge < -0.3 is 8.83 Å². The molecule has 0 aliphatic heterocycles. The molecule has 0 unspecified atom stereocenters. The van der Waals surface area contributed by atoms with Crippen LogP contribution < -0.4 is 0 Å². The number of nitrogens with zero attached hydrogens (tertiary/aromatic N) is 3. The van der Waals surface area contributed by atoms with Crippen LogP contribution in [-0.4, -0.2) is 15.0 Å². The van der Waals surface area contributed by atoms with Crippen molar-refractivity contribution in [2.24, 2.45) is 0 Å². The van der Waals surface area contributed by atoms with Crippen LogP contribution in [0.5, 0.6) is 0 Å². The van der Waals surface area contributed by atoms with Gasteiger partial charge in [0.1, 0.15) is 22.3 Å². The van der Waals surface area contributed by atoms with Gasteiger partial charge in [0.25, 0.3) is 0 Å². The topological polar surface area (TPSA) is 65.0 Å². The number of hydrogen-bond acceptors (Lipinski definition) is 5. The summed E-state index contributed by atoms with van der Waals surface area (Å²) in [4.78, 5) is 14.7. The van der Waals surface area contributed by atoms with Crippen LogP contribution in [0.1, 0.15) is 0 Å². The Labute approximate surface area is 287 Å². The Morgan fingerprint density at radius 2 is 0.880 bits per heavy atom. The van der Waals surface area contributed by atoms with Gasteiger partial charge in [0.05, 0.1) is 0 Å². The number of hydrogen-bond donors (Lipinski definition) is 0. The molecule has 7 aromatic carbocycles. The molecule has 3 aromatic heterocycles. The largest absolute Gasteiger partial charge is 0.456 e. The fourth-order valence-corrected chi connectivity index (χ4v) is 6.94. The predicted octanol–water partition coefficient (Wildman–Crippen LogP) is 12.0. The first-order valence-corrected chi connectivity index (χ1v) is 16.6. The molecule has 0 spiro atoms. The lowest BCUT2D eigenvalue weighted by atomic mass is 9.94. The van der Waals surface area contributed by atoms with Gasteiger partial charge in [0.2, 0.25) is 0 Å². The highest BCUT2D eigenvalue weighted by Crippen LogP contribution is 2.43. The second kappa shape index (κ2) is 11.4. The molecule has 5 nitrogen and oxygen atoms in total. The molecule has 10 rings (SSSR count).